The topological polar surface area (TPSA) is 85.7 Å². The number of fused-ring (bicyclic) bond motifs is 2. The third-order valence-electron chi connectivity index (χ3n) is 8.00. The lowest BCUT2D eigenvalue weighted by Crippen LogP contribution is -2.40. The molecule has 9 heteroatoms. The molecule has 0 bridgehead atoms. The Kier molecular flexibility index (Phi) is 7.31. The molecule has 7 rings (SSSR count). The highest BCUT2D eigenvalue weighted by atomic mass is 32.2. The van der Waals surface area contributed by atoms with Gasteiger partial charge >= 0.3 is 0 Å². The molecule has 0 aliphatic carbocycles. The van der Waals surface area contributed by atoms with E-state index < -0.39 is 0 Å². The first-order valence-electron chi connectivity index (χ1n) is 14.4. The van der Waals surface area contributed by atoms with Crippen LogP contribution >= 0.6 is 11.8 Å². The molecule has 1 N–H and O–H groups in total. The van der Waals surface area contributed by atoms with Crippen LogP contribution in [0, 0.1) is 13.8 Å². The van der Waals surface area contributed by atoms with Gasteiger partial charge in [0.05, 0.1) is 22.4 Å². The van der Waals surface area contributed by atoms with Crippen LogP contribution in [0.5, 0.6) is 11.5 Å². The molecule has 5 aromatic rings. The van der Waals surface area contributed by atoms with Gasteiger partial charge in [0.15, 0.2) is 11.5 Å². The smallest absolute Gasteiger partial charge is 0.244 e. The minimum Gasteiger partial charge on any atom is -0.454 e. The number of amides is 2. The first-order valence-corrected chi connectivity index (χ1v) is 15.4. The highest BCUT2D eigenvalue weighted by Gasteiger charge is 2.38. The zero-order chi connectivity index (χ0) is 30.2. The number of para-hydroxylation sites is 1. The molecular weight excluding hydrogens is 572 g/mol. The third kappa shape index (κ3) is 5.09. The molecular formula is C35H30N4O4S. The summed E-state index contributed by atoms with van der Waals surface area (Å²) in [5, 5.41) is 7.89. The summed E-state index contributed by atoms with van der Waals surface area (Å²) >= 11 is 1.52. The van der Waals surface area contributed by atoms with E-state index in [4.69, 9.17) is 14.6 Å². The molecule has 44 heavy (non-hydrogen) atoms. The maximum atomic E-state index is 14.0. The van der Waals surface area contributed by atoms with Crippen LogP contribution in [0.2, 0.25) is 0 Å². The fourth-order valence-corrected chi connectivity index (χ4v) is 6.85. The van der Waals surface area contributed by atoms with Gasteiger partial charge in [0, 0.05) is 16.8 Å². The second-order valence-corrected chi connectivity index (χ2v) is 11.9. The predicted octanol–water partition coefficient (Wildman–Crippen LogP) is 6.69. The van der Waals surface area contributed by atoms with Crippen molar-refractivity contribution in [3.05, 3.63) is 119 Å². The second-order valence-electron chi connectivity index (χ2n) is 10.8. The average molecular weight is 603 g/mol. The van der Waals surface area contributed by atoms with Gasteiger partial charge in [-0.25, -0.2) is 4.68 Å². The van der Waals surface area contributed by atoms with E-state index in [9.17, 15) is 9.59 Å². The molecule has 0 fully saturated rings. The minimum absolute atomic E-state index is 0.167. The molecule has 2 aliphatic heterocycles. The number of anilines is 2. The van der Waals surface area contributed by atoms with Gasteiger partial charge in [-0.05, 0) is 60.9 Å². The Morgan fingerprint density at radius 1 is 0.932 bits per heavy atom. The SMILES string of the molecule is Cc1cccc(-n2nc(-c3ccccc3)c3c2N(CC(=O)Nc2ccccc2)C(=O)CSC3c2ccc3c(c2)OCO3)c1C. The van der Waals surface area contributed by atoms with Crippen molar-refractivity contribution in [2.75, 3.05) is 29.3 Å². The van der Waals surface area contributed by atoms with Crippen molar-refractivity contribution in [3.8, 4) is 28.4 Å². The highest BCUT2D eigenvalue weighted by Crippen LogP contribution is 2.50. The molecule has 4 aromatic carbocycles. The van der Waals surface area contributed by atoms with E-state index in [0.29, 0.717) is 23.0 Å². The summed E-state index contributed by atoms with van der Waals surface area (Å²) in [5.74, 6) is 1.65. The van der Waals surface area contributed by atoms with Crippen molar-refractivity contribution >= 4 is 35.1 Å². The van der Waals surface area contributed by atoms with Gasteiger partial charge in [-0.2, -0.15) is 5.10 Å². The maximum absolute atomic E-state index is 14.0. The van der Waals surface area contributed by atoms with Crippen LogP contribution < -0.4 is 19.7 Å². The normalized spacial score (nSPS) is 15.5. The van der Waals surface area contributed by atoms with Crippen LogP contribution in [0.3, 0.4) is 0 Å². The number of nitrogens with one attached hydrogen (secondary N) is 1. The number of carbonyl (C=O) groups is 2. The van der Waals surface area contributed by atoms with Crippen molar-refractivity contribution in [2.45, 2.75) is 19.1 Å². The summed E-state index contributed by atoms with van der Waals surface area (Å²) in [4.78, 5) is 29.1. The first-order chi connectivity index (χ1) is 21.5. The second kappa shape index (κ2) is 11.6. The zero-order valence-corrected chi connectivity index (χ0v) is 25.1. The first kappa shape index (κ1) is 27.8. The molecule has 1 atom stereocenters. The summed E-state index contributed by atoms with van der Waals surface area (Å²) in [6.45, 7) is 4.11. The van der Waals surface area contributed by atoms with Crippen molar-refractivity contribution < 1.29 is 19.1 Å². The predicted molar refractivity (Wildman–Crippen MR) is 173 cm³/mol. The van der Waals surface area contributed by atoms with Gasteiger partial charge in [-0.3, -0.25) is 14.5 Å². The van der Waals surface area contributed by atoms with Gasteiger partial charge in [-0.1, -0.05) is 66.7 Å². The van der Waals surface area contributed by atoms with Crippen molar-refractivity contribution in [1.82, 2.24) is 9.78 Å². The molecule has 0 spiro atoms. The van der Waals surface area contributed by atoms with Gasteiger partial charge in [0.2, 0.25) is 18.6 Å². The third-order valence-corrected chi connectivity index (χ3v) is 9.25. The number of benzene rings is 4. The quantitative estimate of drug-likeness (QED) is 0.233. The van der Waals surface area contributed by atoms with E-state index in [1.807, 2.05) is 95.7 Å². The fourth-order valence-electron chi connectivity index (χ4n) is 5.67. The zero-order valence-electron chi connectivity index (χ0n) is 24.3. The van der Waals surface area contributed by atoms with E-state index in [1.54, 1.807) is 4.90 Å². The molecule has 2 aliphatic rings. The Morgan fingerprint density at radius 3 is 2.48 bits per heavy atom. The molecule has 8 nitrogen and oxygen atoms in total. The van der Waals surface area contributed by atoms with Crippen LogP contribution in [0.1, 0.15) is 27.5 Å². The largest absolute Gasteiger partial charge is 0.454 e. The summed E-state index contributed by atoms with van der Waals surface area (Å²) in [6, 6.07) is 31.2. The maximum Gasteiger partial charge on any atom is 0.244 e. The average Bonchev–Trinajstić information content (AvgIpc) is 3.64. The van der Waals surface area contributed by atoms with Gasteiger partial charge in [0.1, 0.15) is 12.4 Å². The van der Waals surface area contributed by atoms with Crippen LogP contribution in [-0.2, 0) is 9.59 Å². The number of aromatic nitrogens is 2. The lowest BCUT2D eigenvalue weighted by atomic mass is 9.99. The Hall–Kier alpha value is -5.02. The Morgan fingerprint density at radius 2 is 1.68 bits per heavy atom. The number of nitrogens with zero attached hydrogens (tertiary/aromatic N) is 3. The number of aryl methyl sites for hydroxylation is 1. The Balaban J connectivity index is 1.45. The Labute approximate surface area is 259 Å². The van der Waals surface area contributed by atoms with Crippen molar-refractivity contribution in [3.63, 3.8) is 0 Å². The summed E-state index contributed by atoms with van der Waals surface area (Å²) in [5.41, 5.74) is 7.14. The molecule has 2 amide bonds. The van der Waals surface area contributed by atoms with Crippen molar-refractivity contribution in [1.29, 1.82) is 0 Å². The molecule has 3 heterocycles. The van der Waals surface area contributed by atoms with E-state index >= 15 is 0 Å². The number of carbonyl (C=O) groups excluding carboxylic acids is 2. The van der Waals surface area contributed by atoms with E-state index in [1.165, 1.54) is 11.8 Å². The van der Waals surface area contributed by atoms with E-state index in [-0.39, 0.29) is 36.2 Å². The lowest BCUT2D eigenvalue weighted by Gasteiger charge is -2.24. The number of hydrogen-bond donors (Lipinski definition) is 1. The Bertz CT molecular complexity index is 1870. The van der Waals surface area contributed by atoms with E-state index in [2.05, 4.69) is 25.2 Å². The van der Waals surface area contributed by atoms with Gasteiger partial charge in [-0.15, -0.1) is 11.8 Å². The molecule has 220 valence electrons. The van der Waals surface area contributed by atoms with Gasteiger partial charge < -0.3 is 14.8 Å². The molecule has 0 saturated heterocycles. The highest BCUT2D eigenvalue weighted by molar-refractivity contribution is 8.00. The number of rotatable bonds is 6. The summed E-state index contributed by atoms with van der Waals surface area (Å²) in [6.07, 6.45) is 0. The van der Waals surface area contributed by atoms with Crippen LogP contribution in [-0.4, -0.2) is 40.7 Å². The molecule has 1 unspecified atom stereocenters. The molecule has 0 radical (unpaired) electrons. The lowest BCUT2D eigenvalue weighted by molar-refractivity contribution is -0.120. The summed E-state index contributed by atoms with van der Waals surface area (Å²) in [7, 11) is 0. The minimum atomic E-state index is -0.294. The number of thioether (sulfide) groups is 1. The van der Waals surface area contributed by atoms with Crippen molar-refractivity contribution in [2.24, 2.45) is 0 Å². The number of hydrogen-bond acceptors (Lipinski definition) is 6. The molecule has 0 saturated carbocycles. The van der Waals surface area contributed by atoms with Crippen LogP contribution in [0.4, 0.5) is 11.5 Å². The monoisotopic (exact) mass is 602 g/mol. The van der Waals surface area contributed by atoms with Crippen LogP contribution in [0.15, 0.2) is 97.1 Å². The summed E-state index contributed by atoms with van der Waals surface area (Å²) < 4.78 is 13.2. The standard InChI is InChI=1S/C35H30N4O4S/c1-22-10-9-15-27(23(22)2)39-35-32(33(37-39)24-11-5-3-6-12-24)34(25-16-17-28-29(18-25)43-21-42-28)44-20-31(41)38(35)19-30(40)36-26-13-7-4-8-14-26/h3-18,34H,19-21H2,1-2H3,(H,36,40). The van der Waals surface area contributed by atoms with E-state index in [0.717, 1.165) is 39.2 Å². The number of ether oxygens (including phenoxy) is 2. The fraction of sp³-hybridized carbons (Fsp3) is 0.171. The molecule has 1 aromatic heterocycles. The van der Waals surface area contributed by atoms with Gasteiger partial charge in [0.25, 0.3) is 0 Å². The van der Waals surface area contributed by atoms with Crippen LogP contribution in [0.25, 0.3) is 16.9 Å².